The zero-order valence-electron chi connectivity index (χ0n) is 8.31. The van der Waals surface area contributed by atoms with Gasteiger partial charge in [0.15, 0.2) is 0 Å². The van der Waals surface area contributed by atoms with Crippen LogP contribution in [0.15, 0.2) is 30.5 Å². The lowest BCUT2D eigenvalue weighted by molar-refractivity contribution is 0.273. The van der Waals surface area contributed by atoms with Crippen molar-refractivity contribution in [2.24, 2.45) is 7.05 Å². The predicted octanol–water partition coefficient (Wildman–Crippen LogP) is 1.72. The summed E-state index contributed by atoms with van der Waals surface area (Å²) in [6.45, 7) is -0.0993. The van der Waals surface area contributed by atoms with Gasteiger partial charge in [-0.2, -0.15) is 0 Å². The zero-order chi connectivity index (χ0) is 10.8. The summed E-state index contributed by atoms with van der Waals surface area (Å²) in [6, 6.07) is 6.45. The molecule has 1 heterocycles. The second-order valence-corrected chi connectivity index (χ2v) is 3.27. The molecule has 0 atom stereocenters. The third-order valence-corrected chi connectivity index (χ3v) is 2.36. The lowest BCUT2D eigenvalue weighted by Gasteiger charge is -2.04. The van der Waals surface area contributed by atoms with Gasteiger partial charge < -0.3 is 9.67 Å². The fourth-order valence-electron chi connectivity index (χ4n) is 1.48. The maximum Gasteiger partial charge on any atom is 0.142 e. The van der Waals surface area contributed by atoms with Gasteiger partial charge in [0.2, 0.25) is 0 Å². The Hall–Kier alpha value is -1.68. The number of halogens is 1. The highest BCUT2D eigenvalue weighted by Crippen LogP contribution is 2.21. The van der Waals surface area contributed by atoms with E-state index in [1.54, 1.807) is 36.0 Å². The van der Waals surface area contributed by atoms with Gasteiger partial charge in [-0.3, -0.25) is 0 Å². The molecule has 0 bridgehead atoms. The van der Waals surface area contributed by atoms with Gasteiger partial charge in [-0.25, -0.2) is 9.37 Å². The summed E-state index contributed by atoms with van der Waals surface area (Å²) in [6.07, 6.45) is 1.54. The molecule has 0 spiro atoms. The van der Waals surface area contributed by atoms with E-state index in [1.807, 2.05) is 0 Å². The van der Waals surface area contributed by atoms with E-state index in [1.165, 1.54) is 6.07 Å². The molecule has 0 aliphatic rings. The Bertz CT molecular complexity index is 479. The van der Waals surface area contributed by atoms with Gasteiger partial charge in [0.05, 0.1) is 24.1 Å². The summed E-state index contributed by atoms with van der Waals surface area (Å²) in [5, 5.41) is 8.99. The molecular formula is C11H11FN2O. The molecule has 0 saturated carbocycles. The first-order valence-electron chi connectivity index (χ1n) is 4.60. The molecule has 3 nitrogen and oxygen atoms in total. The normalized spacial score (nSPS) is 10.6. The number of imidazole rings is 1. The Morgan fingerprint density at radius 1 is 1.40 bits per heavy atom. The Balaban J connectivity index is 2.55. The van der Waals surface area contributed by atoms with E-state index in [2.05, 4.69) is 4.98 Å². The van der Waals surface area contributed by atoms with Crippen molar-refractivity contribution in [1.82, 2.24) is 9.55 Å². The standard InChI is InChI=1S/C11H11FN2O/c1-14-8(7-15)6-13-11(14)9-4-2-3-5-10(9)12/h2-6,15H,7H2,1H3. The Labute approximate surface area is 86.8 Å². The number of aliphatic hydroxyl groups is 1. The minimum absolute atomic E-state index is 0.0993. The minimum atomic E-state index is -0.310. The van der Waals surface area contributed by atoms with Crippen LogP contribution in [0.4, 0.5) is 4.39 Å². The van der Waals surface area contributed by atoms with Gasteiger partial charge in [0, 0.05) is 7.05 Å². The topological polar surface area (TPSA) is 38.0 Å². The average molecular weight is 206 g/mol. The van der Waals surface area contributed by atoms with Crippen LogP contribution in [0.5, 0.6) is 0 Å². The molecule has 0 radical (unpaired) electrons. The van der Waals surface area contributed by atoms with Gasteiger partial charge in [0.1, 0.15) is 11.6 Å². The smallest absolute Gasteiger partial charge is 0.142 e. The molecule has 15 heavy (non-hydrogen) atoms. The van der Waals surface area contributed by atoms with Gasteiger partial charge in [-0.1, -0.05) is 12.1 Å². The molecule has 1 aromatic carbocycles. The largest absolute Gasteiger partial charge is 0.390 e. The third-order valence-electron chi connectivity index (χ3n) is 2.36. The lowest BCUT2D eigenvalue weighted by Crippen LogP contribution is -1.99. The molecule has 2 rings (SSSR count). The van der Waals surface area contributed by atoms with Crippen molar-refractivity contribution in [3.05, 3.63) is 42.0 Å². The van der Waals surface area contributed by atoms with Gasteiger partial charge in [0.25, 0.3) is 0 Å². The first-order chi connectivity index (χ1) is 7.24. The summed E-state index contributed by atoms with van der Waals surface area (Å²) < 4.78 is 15.1. The quantitative estimate of drug-likeness (QED) is 0.812. The van der Waals surface area contributed by atoms with Crippen molar-refractivity contribution >= 4 is 0 Å². The van der Waals surface area contributed by atoms with Crippen LogP contribution in [-0.4, -0.2) is 14.7 Å². The zero-order valence-corrected chi connectivity index (χ0v) is 8.31. The van der Waals surface area contributed by atoms with Crippen LogP contribution in [0.3, 0.4) is 0 Å². The van der Waals surface area contributed by atoms with Crippen LogP contribution in [-0.2, 0) is 13.7 Å². The maximum atomic E-state index is 13.5. The Morgan fingerprint density at radius 3 is 2.73 bits per heavy atom. The fraction of sp³-hybridized carbons (Fsp3) is 0.182. The van der Waals surface area contributed by atoms with Crippen molar-refractivity contribution in [3.8, 4) is 11.4 Å². The minimum Gasteiger partial charge on any atom is -0.390 e. The molecule has 0 saturated heterocycles. The summed E-state index contributed by atoms with van der Waals surface area (Å²) >= 11 is 0. The Kier molecular flexibility index (Phi) is 2.51. The van der Waals surface area contributed by atoms with Crippen LogP contribution in [0.2, 0.25) is 0 Å². The average Bonchev–Trinajstić information content (AvgIpc) is 2.60. The molecular weight excluding hydrogens is 195 g/mol. The van der Waals surface area contributed by atoms with Crippen molar-refractivity contribution in [2.45, 2.75) is 6.61 Å². The monoisotopic (exact) mass is 206 g/mol. The molecule has 0 fully saturated rings. The Morgan fingerprint density at radius 2 is 2.13 bits per heavy atom. The molecule has 1 N–H and O–H groups in total. The number of hydrogen-bond acceptors (Lipinski definition) is 2. The van der Waals surface area contributed by atoms with Gasteiger partial charge in [-0.15, -0.1) is 0 Å². The highest BCUT2D eigenvalue weighted by molar-refractivity contribution is 5.56. The third kappa shape index (κ3) is 1.64. The molecule has 2 aromatic rings. The molecule has 1 aromatic heterocycles. The fourth-order valence-corrected chi connectivity index (χ4v) is 1.48. The van der Waals surface area contributed by atoms with Crippen molar-refractivity contribution < 1.29 is 9.50 Å². The van der Waals surface area contributed by atoms with E-state index in [0.29, 0.717) is 17.1 Å². The van der Waals surface area contributed by atoms with Crippen LogP contribution >= 0.6 is 0 Å². The first kappa shape index (κ1) is 9.86. The van der Waals surface area contributed by atoms with Crippen molar-refractivity contribution in [1.29, 1.82) is 0 Å². The molecule has 0 aliphatic heterocycles. The SMILES string of the molecule is Cn1c(CO)cnc1-c1ccccc1F. The molecule has 0 aliphatic carbocycles. The number of benzene rings is 1. The van der Waals surface area contributed by atoms with Gasteiger partial charge in [-0.05, 0) is 12.1 Å². The predicted molar refractivity (Wildman–Crippen MR) is 54.5 cm³/mol. The highest BCUT2D eigenvalue weighted by Gasteiger charge is 2.11. The second-order valence-electron chi connectivity index (χ2n) is 3.27. The van der Waals surface area contributed by atoms with E-state index < -0.39 is 0 Å². The second kappa shape index (κ2) is 3.82. The van der Waals surface area contributed by atoms with E-state index in [9.17, 15) is 4.39 Å². The summed E-state index contributed by atoms with van der Waals surface area (Å²) in [5.74, 6) is 0.216. The molecule has 0 amide bonds. The highest BCUT2D eigenvalue weighted by atomic mass is 19.1. The van der Waals surface area contributed by atoms with E-state index in [4.69, 9.17) is 5.11 Å². The van der Waals surface area contributed by atoms with Crippen LogP contribution in [0.1, 0.15) is 5.69 Å². The van der Waals surface area contributed by atoms with Gasteiger partial charge >= 0.3 is 0 Å². The number of aromatic nitrogens is 2. The summed E-state index contributed by atoms with van der Waals surface area (Å²) in [4.78, 5) is 4.08. The first-order valence-corrected chi connectivity index (χ1v) is 4.60. The van der Waals surface area contributed by atoms with E-state index in [-0.39, 0.29) is 12.4 Å². The molecule has 78 valence electrons. The summed E-state index contributed by atoms with van der Waals surface area (Å²) in [5.41, 5.74) is 1.10. The van der Waals surface area contributed by atoms with Crippen molar-refractivity contribution in [3.63, 3.8) is 0 Å². The number of hydrogen-bond donors (Lipinski definition) is 1. The van der Waals surface area contributed by atoms with Crippen LogP contribution < -0.4 is 0 Å². The summed E-state index contributed by atoms with van der Waals surface area (Å²) in [7, 11) is 1.75. The maximum absolute atomic E-state index is 13.5. The lowest BCUT2D eigenvalue weighted by atomic mass is 10.2. The van der Waals surface area contributed by atoms with E-state index in [0.717, 1.165) is 0 Å². The molecule has 0 unspecified atom stereocenters. The number of rotatable bonds is 2. The van der Waals surface area contributed by atoms with Crippen LogP contribution in [0.25, 0.3) is 11.4 Å². The number of aliphatic hydroxyl groups excluding tert-OH is 1. The van der Waals surface area contributed by atoms with Crippen molar-refractivity contribution in [2.75, 3.05) is 0 Å². The van der Waals surface area contributed by atoms with Crippen LogP contribution in [0, 0.1) is 5.82 Å². The number of nitrogens with zero attached hydrogens (tertiary/aromatic N) is 2. The molecule has 4 heteroatoms. The van der Waals surface area contributed by atoms with E-state index >= 15 is 0 Å².